The maximum absolute atomic E-state index is 9.87. The van der Waals surface area contributed by atoms with E-state index in [0.717, 1.165) is 0 Å². The Morgan fingerprint density at radius 3 is 2.75 bits per heavy atom. The van der Waals surface area contributed by atoms with Crippen molar-refractivity contribution in [1.82, 2.24) is 0 Å². The van der Waals surface area contributed by atoms with Crippen molar-refractivity contribution in [2.75, 3.05) is 0 Å². The number of phenols is 1. The van der Waals surface area contributed by atoms with E-state index < -0.39 is 0 Å². The molecule has 5 heteroatoms. The zero-order valence-electron chi connectivity index (χ0n) is 8.64. The summed E-state index contributed by atoms with van der Waals surface area (Å²) in [5.74, 6) is 0.639. The van der Waals surface area contributed by atoms with Gasteiger partial charge in [-0.25, -0.2) is 0 Å². The van der Waals surface area contributed by atoms with Crippen LogP contribution in [0.5, 0.6) is 5.75 Å². The van der Waals surface area contributed by atoms with Crippen LogP contribution >= 0.6 is 0 Å². The Morgan fingerprint density at radius 1 is 1.19 bits per heavy atom. The first-order chi connectivity index (χ1) is 7.34. The summed E-state index contributed by atoms with van der Waals surface area (Å²) in [6.07, 6.45) is 4.89. The maximum atomic E-state index is 9.87. The Labute approximate surface area is 113 Å². The molecule has 0 saturated heterocycles. The molecule has 16 heavy (non-hydrogen) atoms. The van der Waals surface area contributed by atoms with Gasteiger partial charge in [-0.05, 0) is 12.1 Å². The van der Waals surface area contributed by atoms with E-state index in [1.807, 2.05) is 0 Å². The van der Waals surface area contributed by atoms with Crippen LogP contribution in [0.25, 0.3) is 23.1 Å². The summed E-state index contributed by atoms with van der Waals surface area (Å²) >= 11 is 0. The number of hydrogen-bond acceptors (Lipinski definition) is 4. The van der Waals surface area contributed by atoms with Crippen molar-refractivity contribution in [2.24, 2.45) is 0 Å². The van der Waals surface area contributed by atoms with E-state index in [2.05, 4.69) is 9.15 Å². The second-order valence-corrected chi connectivity index (χ2v) is 3.15. The average Bonchev–Trinajstić information content (AvgIpc) is 2.93. The van der Waals surface area contributed by atoms with Crippen molar-refractivity contribution >= 4 is 23.1 Å². The van der Waals surface area contributed by atoms with Crippen LogP contribution in [0, 0.1) is 0 Å². The van der Waals surface area contributed by atoms with Gasteiger partial charge in [0.2, 0.25) is 5.96 Å². The molecule has 0 radical (unpaired) electrons. The molecular weight excluding hydrogens is 219 g/mol. The van der Waals surface area contributed by atoms with Crippen LogP contribution in [-0.2, 0) is 0 Å². The third-order valence-corrected chi connectivity index (χ3v) is 2.22. The maximum Gasteiger partial charge on any atom is 1.00 e. The minimum Gasteiger partial charge on any atom is -0.508 e. The van der Waals surface area contributed by atoms with Gasteiger partial charge in [0.05, 0.1) is 11.6 Å². The Morgan fingerprint density at radius 2 is 2.00 bits per heavy atom. The molecule has 0 unspecified atom stereocenters. The summed E-state index contributed by atoms with van der Waals surface area (Å²) in [4.78, 5) is 0. The second-order valence-electron chi connectivity index (χ2n) is 3.15. The zero-order valence-corrected chi connectivity index (χ0v) is 10.6. The van der Waals surface area contributed by atoms with E-state index in [1.165, 1.54) is 0 Å². The van der Waals surface area contributed by atoms with Crippen LogP contribution in [0.1, 0.15) is 11.5 Å². The Kier molecular flexibility index (Phi) is 3.05. The molecule has 0 bridgehead atoms. The zero-order chi connectivity index (χ0) is 10.3. The van der Waals surface area contributed by atoms with Crippen LogP contribution in [-0.4, -0.2) is 5.11 Å². The Balaban J connectivity index is 0.000000963. The Hall–Kier alpha value is -1.23. The summed E-state index contributed by atoms with van der Waals surface area (Å²) in [5, 5.41) is 10.6. The summed E-state index contributed by atoms with van der Waals surface area (Å²) < 4.78 is 14.1. The molecule has 3 aromatic rings. The third kappa shape index (κ3) is 2.00. The molecule has 0 atom stereocenters. The van der Waals surface area contributed by atoms with Crippen LogP contribution < -0.4 is 29.6 Å². The molecule has 2 aromatic heterocycles. The molecule has 0 amide bonds. The van der Waals surface area contributed by atoms with Crippen molar-refractivity contribution in [3.05, 3.63) is 36.0 Å². The fourth-order valence-corrected chi connectivity index (χ4v) is 1.42. The molecule has 0 saturated carbocycles. The quantitative estimate of drug-likeness (QED) is 0.385. The van der Waals surface area contributed by atoms with Crippen molar-refractivity contribution in [2.45, 2.75) is 0 Å². The van der Waals surface area contributed by atoms with Crippen molar-refractivity contribution in [1.29, 1.82) is 0 Å². The van der Waals surface area contributed by atoms with E-state index in [-0.39, 0.29) is 35.3 Å². The van der Waals surface area contributed by atoms with E-state index in [9.17, 15) is 5.11 Å². The van der Waals surface area contributed by atoms with Gasteiger partial charge in [-0.15, -0.1) is 6.08 Å². The first-order valence-corrected chi connectivity index (χ1v) is 4.43. The number of aromatic hydroxyl groups is 1. The van der Waals surface area contributed by atoms with Gasteiger partial charge >= 0.3 is 29.6 Å². The SMILES string of the molecule is Oc1c(/C=C/[c-]2oo2)ccc2occc12.[Na+]. The molecule has 4 nitrogen and oxygen atoms in total. The molecule has 0 fully saturated rings. The van der Waals surface area contributed by atoms with Gasteiger partial charge in [0.25, 0.3) is 0 Å². The van der Waals surface area contributed by atoms with E-state index in [1.54, 1.807) is 36.6 Å². The number of phenolic OH excluding ortho intramolecular Hbond substituents is 1. The molecule has 76 valence electrons. The van der Waals surface area contributed by atoms with E-state index >= 15 is 0 Å². The van der Waals surface area contributed by atoms with E-state index in [4.69, 9.17) is 4.42 Å². The van der Waals surface area contributed by atoms with Gasteiger partial charge in [-0.2, -0.15) is 6.08 Å². The predicted octanol–water partition coefficient (Wildman–Crippen LogP) is 0.218. The molecule has 0 aliphatic rings. The van der Waals surface area contributed by atoms with Crippen LogP contribution in [0.4, 0.5) is 0 Å². The van der Waals surface area contributed by atoms with Gasteiger partial charge in [-0.3, -0.25) is 0 Å². The van der Waals surface area contributed by atoms with E-state index in [0.29, 0.717) is 22.5 Å². The standard InChI is InChI=1S/C11H7O4.Na/c12-11-7(2-4-10-14-15-10)1-3-9-8(11)5-6-13-9;/h1-6,12H;/q-1;+1/b4-2+;. The van der Waals surface area contributed by atoms with Gasteiger partial charge in [0, 0.05) is 0 Å². The molecule has 0 aliphatic heterocycles. The monoisotopic (exact) mass is 226 g/mol. The normalized spacial score (nSPS) is 11.2. The van der Waals surface area contributed by atoms with Crippen LogP contribution in [0.15, 0.2) is 38.0 Å². The molecule has 1 aromatic carbocycles. The van der Waals surface area contributed by atoms with Crippen LogP contribution in [0.2, 0.25) is 0 Å². The van der Waals surface area contributed by atoms with Crippen molar-refractivity contribution < 1.29 is 48.2 Å². The number of benzene rings is 1. The minimum absolute atomic E-state index is 0. The molecule has 0 aliphatic carbocycles. The summed E-state index contributed by atoms with van der Waals surface area (Å²) in [6, 6.07) is 5.29. The summed E-state index contributed by atoms with van der Waals surface area (Å²) in [7, 11) is 0. The predicted molar refractivity (Wildman–Crippen MR) is 53.4 cm³/mol. The van der Waals surface area contributed by atoms with Crippen molar-refractivity contribution in [3.63, 3.8) is 0 Å². The summed E-state index contributed by atoms with van der Waals surface area (Å²) in [5.41, 5.74) is 1.35. The molecule has 0 spiro atoms. The van der Waals surface area contributed by atoms with Gasteiger partial charge in [-0.1, -0.05) is 11.6 Å². The topological polar surface area (TPSA) is 59.7 Å². The number of fused-ring (bicyclic) bond motifs is 1. The molecule has 1 N–H and O–H groups in total. The molecule has 2 heterocycles. The average molecular weight is 226 g/mol. The van der Waals surface area contributed by atoms with Crippen LogP contribution in [0.3, 0.4) is 0 Å². The first-order valence-electron chi connectivity index (χ1n) is 4.43. The third-order valence-electron chi connectivity index (χ3n) is 2.22. The largest absolute Gasteiger partial charge is 1.00 e. The molecular formula is C11H7NaO4. The number of rotatable bonds is 2. The van der Waals surface area contributed by atoms with Gasteiger partial charge in [0.15, 0.2) is 0 Å². The number of hydrogen-bond donors (Lipinski definition) is 1. The van der Waals surface area contributed by atoms with Gasteiger partial charge < -0.3 is 18.7 Å². The second kappa shape index (κ2) is 4.33. The minimum atomic E-state index is 0. The van der Waals surface area contributed by atoms with Crippen molar-refractivity contribution in [3.8, 4) is 5.75 Å². The molecule has 3 rings (SSSR count). The first kappa shape index (κ1) is 11.3. The smallest absolute Gasteiger partial charge is 0.508 e. The fraction of sp³-hybridized carbons (Fsp3) is 0. The Bertz CT molecular complexity index is 599. The van der Waals surface area contributed by atoms with Gasteiger partial charge in [0.1, 0.15) is 11.3 Å². The summed E-state index contributed by atoms with van der Waals surface area (Å²) in [6.45, 7) is 0. The number of furan rings is 1. The fourth-order valence-electron chi connectivity index (χ4n) is 1.42.